The van der Waals surface area contributed by atoms with Gasteiger partial charge in [-0.25, -0.2) is 0 Å². The zero-order valence-corrected chi connectivity index (χ0v) is 9.35. The molecule has 0 bridgehead atoms. The van der Waals surface area contributed by atoms with Gasteiger partial charge in [0.15, 0.2) is 0 Å². The second-order valence-corrected chi connectivity index (χ2v) is 4.09. The summed E-state index contributed by atoms with van der Waals surface area (Å²) in [5.41, 5.74) is 4.43. The van der Waals surface area contributed by atoms with Gasteiger partial charge in [-0.05, 0) is 19.1 Å². The Balaban J connectivity index is 3.42. The van der Waals surface area contributed by atoms with Crippen molar-refractivity contribution < 1.29 is 18.3 Å². The second kappa shape index (κ2) is 4.02. The lowest BCUT2D eigenvalue weighted by molar-refractivity contribution is -0.138. The molecule has 1 unspecified atom stereocenters. The minimum absolute atomic E-state index is 0.0664. The van der Waals surface area contributed by atoms with Gasteiger partial charge in [-0.2, -0.15) is 13.2 Å². The van der Waals surface area contributed by atoms with Crippen LogP contribution in [0.3, 0.4) is 0 Å². The van der Waals surface area contributed by atoms with E-state index in [0.717, 1.165) is 6.07 Å². The predicted molar refractivity (Wildman–Crippen MR) is 53.4 cm³/mol. The molecule has 0 radical (unpaired) electrons. The largest absolute Gasteiger partial charge is 0.507 e. The zero-order chi connectivity index (χ0) is 11.8. The number of hydrogen-bond acceptors (Lipinski definition) is 2. The lowest BCUT2D eigenvalue weighted by Crippen LogP contribution is -2.11. The van der Waals surface area contributed by atoms with Crippen molar-refractivity contribution in [3.63, 3.8) is 0 Å². The average molecular weight is 284 g/mol. The third-order valence-electron chi connectivity index (χ3n) is 1.90. The molecule has 0 aliphatic heterocycles. The van der Waals surface area contributed by atoms with E-state index in [1.807, 2.05) is 0 Å². The molecular weight excluding hydrogens is 275 g/mol. The Morgan fingerprint density at radius 3 is 2.33 bits per heavy atom. The molecule has 1 atom stereocenters. The third-order valence-corrected chi connectivity index (χ3v) is 2.36. The molecule has 2 nitrogen and oxygen atoms in total. The van der Waals surface area contributed by atoms with Gasteiger partial charge in [0.1, 0.15) is 5.75 Å². The van der Waals surface area contributed by atoms with Crippen LogP contribution in [0.5, 0.6) is 5.75 Å². The maximum Gasteiger partial charge on any atom is 0.420 e. The molecule has 0 amide bonds. The lowest BCUT2D eigenvalue weighted by Gasteiger charge is -2.15. The van der Waals surface area contributed by atoms with E-state index in [9.17, 15) is 18.3 Å². The molecule has 1 aromatic carbocycles. The van der Waals surface area contributed by atoms with Gasteiger partial charge < -0.3 is 10.8 Å². The summed E-state index contributed by atoms with van der Waals surface area (Å²) in [7, 11) is 0. The van der Waals surface area contributed by atoms with Gasteiger partial charge in [0.2, 0.25) is 0 Å². The highest BCUT2D eigenvalue weighted by Gasteiger charge is 2.35. The van der Waals surface area contributed by atoms with E-state index in [2.05, 4.69) is 15.9 Å². The van der Waals surface area contributed by atoms with Gasteiger partial charge in [-0.15, -0.1) is 0 Å². The minimum Gasteiger partial charge on any atom is -0.507 e. The van der Waals surface area contributed by atoms with Gasteiger partial charge in [-0.3, -0.25) is 0 Å². The van der Waals surface area contributed by atoms with Crippen molar-refractivity contribution in [2.45, 2.75) is 19.1 Å². The lowest BCUT2D eigenvalue weighted by atomic mass is 10.0. The molecule has 0 aliphatic rings. The second-order valence-electron chi connectivity index (χ2n) is 3.18. The van der Waals surface area contributed by atoms with E-state index >= 15 is 0 Å². The minimum atomic E-state index is -4.59. The van der Waals surface area contributed by atoms with Crippen LogP contribution in [0.4, 0.5) is 13.2 Å². The van der Waals surface area contributed by atoms with Crippen LogP contribution < -0.4 is 5.73 Å². The maximum atomic E-state index is 12.5. The summed E-state index contributed by atoms with van der Waals surface area (Å²) >= 11 is 2.94. The van der Waals surface area contributed by atoms with Crippen LogP contribution in [0.2, 0.25) is 0 Å². The molecule has 0 saturated heterocycles. The Morgan fingerprint density at radius 1 is 1.40 bits per heavy atom. The number of aromatic hydroxyl groups is 1. The predicted octanol–water partition coefficient (Wildman–Crippen LogP) is 3.19. The van der Waals surface area contributed by atoms with Crippen LogP contribution in [-0.4, -0.2) is 5.11 Å². The standard InChI is InChI=1S/C9H9BrF3NO/c1-4(14)6-2-5(10)3-7(8(6)15)9(11,12)13/h2-4,15H,14H2,1H3. The van der Waals surface area contributed by atoms with Crippen molar-refractivity contribution in [1.29, 1.82) is 0 Å². The van der Waals surface area contributed by atoms with Gasteiger partial charge in [-0.1, -0.05) is 15.9 Å². The van der Waals surface area contributed by atoms with E-state index in [-0.39, 0.29) is 10.0 Å². The molecule has 15 heavy (non-hydrogen) atoms. The first kappa shape index (κ1) is 12.3. The van der Waals surface area contributed by atoms with Crippen molar-refractivity contribution in [2.75, 3.05) is 0 Å². The number of phenols is 1. The van der Waals surface area contributed by atoms with Crippen LogP contribution in [-0.2, 0) is 6.18 Å². The van der Waals surface area contributed by atoms with Crippen LogP contribution in [0.15, 0.2) is 16.6 Å². The summed E-state index contributed by atoms with van der Waals surface area (Å²) in [5, 5.41) is 9.40. The number of rotatable bonds is 1. The molecule has 84 valence electrons. The highest BCUT2D eigenvalue weighted by molar-refractivity contribution is 9.10. The number of nitrogens with two attached hydrogens (primary N) is 1. The van der Waals surface area contributed by atoms with E-state index in [1.54, 1.807) is 0 Å². The Kier molecular flexibility index (Phi) is 3.30. The molecule has 0 fully saturated rings. The van der Waals surface area contributed by atoms with Crippen molar-refractivity contribution in [3.05, 3.63) is 27.7 Å². The summed E-state index contributed by atoms with van der Waals surface area (Å²) < 4.78 is 37.6. The summed E-state index contributed by atoms with van der Waals surface area (Å²) in [4.78, 5) is 0. The van der Waals surface area contributed by atoms with Gasteiger partial charge >= 0.3 is 6.18 Å². The van der Waals surface area contributed by atoms with Crippen LogP contribution >= 0.6 is 15.9 Å². The quantitative estimate of drug-likeness (QED) is 0.832. The SMILES string of the molecule is CC(N)c1cc(Br)cc(C(F)(F)F)c1O. The number of alkyl halides is 3. The topological polar surface area (TPSA) is 46.2 Å². The molecule has 0 aromatic heterocycles. The first-order valence-electron chi connectivity index (χ1n) is 4.08. The number of hydrogen-bond donors (Lipinski definition) is 2. The molecular formula is C9H9BrF3NO. The fraction of sp³-hybridized carbons (Fsp3) is 0.333. The number of benzene rings is 1. The van der Waals surface area contributed by atoms with E-state index in [4.69, 9.17) is 5.73 Å². The molecule has 1 aromatic rings. The Labute approximate surface area is 93.0 Å². The van der Waals surface area contributed by atoms with Crippen LogP contribution in [0, 0.1) is 0 Å². The smallest absolute Gasteiger partial charge is 0.420 e. The van der Waals surface area contributed by atoms with E-state index < -0.39 is 23.5 Å². The highest BCUT2D eigenvalue weighted by Crippen LogP contribution is 2.40. The highest BCUT2D eigenvalue weighted by atomic mass is 79.9. The van der Waals surface area contributed by atoms with E-state index in [1.165, 1.54) is 13.0 Å². The molecule has 6 heteroatoms. The average Bonchev–Trinajstić information content (AvgIpc) is 2.06. The fourth-order valence-electron chi connectivity index (χ4n) is 1.18. The fourth-order valence-corrected chi connectivity index (χ4v) is 1.66. The molecule has 0 aliphatic carbocycles. The third kappa shape index (κ3) is 2.63. The number of phenolic OH excluding ortho intramolecular Hbond substituents is 1. The van der Waals surface area contributed by atoms with Crippen molar-refractivity contribution in [3.8, 4) is 5.75 Å². The Bertz CT molecular complexity index is 376. The molecule has 0 heterocycles. The Morgan fingerprint density at radius 2 is 1.93 bits per heavy atom. The molecule has 3 N–H and O–H groups in total. The molecule has 0 saturated carbocycles. The van der Waals surface area contributed by atoms with Crippen molar-refractivity contribution in [2.24, 2.45) is 5.73 Å². The first-order valence-corrected chi connectivity index (χ1v) is 4.88. The van der Waals surface area contributed by atoms with Crippen LogP contribution in [0.1, 0.15) is 24.1 Å². The van der Waals surface area contributed by atoms with Gasteiger partial charge in [0.05, 0.1) is 5.56 Å². The summed E-state index contributed by atoms with van der Waals surface area (Å²) in [6.45, 7) is 1.50. The molecule has 1 rings (SSSR count). The van der Waals surface area contributed by atoms with Gasteiger partial charge in [0.25, 0.3) is 0 Å². The maximum absolute atomic E-state index is 12.5. The van der Waals surface area contributed by atoms with E-state index in [0.29, 0.717) is 0 Å². The van der Waals surface area contributed by atoms with Gasteiger partial charge in [0, 0.05) is 16.1 Å². The van der Waals surface area contributed by atoms with Crippen molar-refractivity contribution >= 4 is 15.9 Å². The summed E-state index contributed by atoms with van der Waals surface area (Å²) in [6.07, 6.45) is -4.59. The normalized spacial score (nSPS) is 14.0. The van der Waals surface area contributed by atoms with Crippen molar-refractivity contribution in [1.82, 2.24) is 0 Å². The first-order chi connectivity index (χ1) is 6.73. The molecule has 0 spiro atoms. The number of halogens is 4. The monoisotopic (exact) mass is 283 g/mol. The Hall–Kier alpha value is -0.750. The summed E-state index contributed by atoms with van der Waals surface area (Å²) in [5.74, 6) is -0.805. The zero-order valence-electron chi connectivity index (χ0n) is 7.77. The summed E-state index contributed by atoms with van der Waals surface area (Å²) in [6, 6.07) is 1.53. The van der Waals surface area contributed by atoms with Crippen LogP contribution in [0.25, 0.3) is 0 Å².